The Kier molecular flexibility index (Phi) is 7.86. The molecule has 0 spiro atoms. The molecule has 28 heavy (non-hydrogen) atoms. The predicted molar refractivity (Wildman–Crippen MR) is 108 cm³/mol. The van der Waals surface area contributed by atoms with E-state index in [-0.39, 0.29) is 30.4 Å². The average Bonchev–Trinajstić information content (AvgIpc) is 3.45. The van der Waals surface area contributed by atoms with E-state index >= 15 is 0 Å². The standard InChI is InChI=1S/C22H31N3O3/c1-5-10-25-16(3)12-19(17(25)4)13-20(14-23)22(27)24(15-18-7-8-18)11-9-21(26)28-6-2/h12-13,18H,5-11,15H2,1-4H3/b20-13-. The summed E-state index contributed by atoms with van der Waals surface area (Å²) in [5.74, 6) is -0.151. The summed E-state index contributed by atoms with van der Waals surface area (Å²) in [5, 5.41) is 9.62. The van der Waals surface area contributed by atoms with Crippen molar-refractivity contribution in [1.29, 1.82) is 5.26 Å². The number of carbonyl (C=O) groups is 2. The van der Waals surface area contributed by atoms with Crippen molar-refractivity contribution in [2.75, 3.05) is 19.7 Å². The molecule has 6 nitrogen and oxygen atoms in total. The molecule has 1 aliphatic carbocycles. The highest BCUT2D eigenvalue weighted by Crippen LogP contribution is 2.30. The highest BCUT2D eigenvalue weighted by Gasteiger charge is 2.28. The lowest BCUT2D eigenvalue weighted by molar-refractivity contribution is -0.143. The topological polar surface area (TPSA) is 75.3 Å². The number of aromatic nitrogens is 1. The summed E-state index contributed by atoms with van der Waals surface area (Å²) in [6, 6.07) is 4.08. The first kappa shape index (κ1) is 21.7. The van der Waals surface area contributed by atoms with Crippen molar-refractivity contribution in [1.82, 2.24) is 9.47 Å². The van der Waals surface area contributed by atoms with Crippen molar-refractivity contribution in [3.8, 4) is 6.07 Å². The van der Waals surface area contributed by atoms with Crippen LogP contribution < -0.4 is 0 Å². The zero-order chi connectivity index (χ0) is 20.7. The van der Waals surface area contributed by atoms with Gasteiger partial charge in [0.25, 0.3) is 5.91 Å². The summed E-state index contributed by atoms with van der Waals surface area (Å²) in [7, 11) is 0. The fourth-order valence-corrected chi connectivity index (χ4v) is 3.36. The Morgan fingerprint density at radius 1 is 1.36 bits per heavy atom. The molecule has 6 heteroatoms. The van der Waals surface area contributed by atoms with Gasteiger partial charge in [0.1, 0.15) is 11.6 Å². The maximum Gasteiger partial charge on any atom is 0.307 e. The SMILES string of the molecule is CCCn1c(C)cc(/C=C(/C#N)C(=O)N(CCC(=O)OCC)CC2CC2)c1C. The molecular weight excluding hydrogens is 354 g/mol. The zero-order valence-corrected chi connectivity index (χ0v) is 17.5. The van der Waals surface area contributed by atoms with E-state index in [9.17, 15) is 14.9 Å². The molecule has 0 aromatic carbocycles. The first-order valence-electron chi connectivity index (χ1n) is 10.1. The van der Waals surface area contributed by atoms with Gasteiger partial charge in [0.2, 0.25) is 0 Å². The third-order valence-electron chi connectivity index (χ3n) is 5.06. The maximum atomic E-state index is 13.0. The van der Waals surface area contributed by atoms with Crippen molar-refractivity contribution in [3.05, 3.63) is 28.6 Å². The molecule has 1 aliphatic rings. The summed E-state index contributed by atoms with van der Waals surface area (Å²) in [6.07, 6.45) is 5.03. The van der Waals surface area contributed by atoms with Gasteiger partial charge in [0.15, 0.2) is 0 Å². The van der Waals surface area contributed by atoms with Gasteiger partial charge in [-0.3, -0.25) is 9.59 Å². The molecule has 0 radical (unpaired) electrons. The van der Waals surface area contributed by atoms with Crippen molar-refractivity contribution in [2.24, 2.45) is 5.92 Å². The summed E-state index contributed by atoms with van der Waals surface area (Å²) < 4.78 is 7.17. The van der Waals surface area contributed by atoms with Crippen LogP contribution in [0.15, 0.2) is 11.6 Å². The molecule has 1 amide bonds. The van der Waals surface area contributed by atoms with Crippen LogP contribution in [0.2, 0.25) is 0 Å². The van der Waals surface area contributed by atoms with Gasteiger partial charge >= 0.3 is 5.97 Å². The number of nitriles is 1. The molecule has 0 bridgehead atoms. The third-order valence-corrected chi connectivity index (χ3v) is 5.06. The minimum absolute atomic E-state index is 0.112. The molecule has 1 aromatic heterocycles. The smallest absolute Gasteiger partial charge is 0.307 e. The Morgan fingerprint density at radius 2 is 2.07 bits per heavy atom. The third kappa shape index (κ3) is 5.72. The summed E-state index contributed by atoms with van der Waals surface area (Å²) in [5.41, 5.74) is 3.18. The highest BCUT2D eigenvalue weighted by molar-refractivity contribution is 6.02. The number of esters is 1. The van der Waals surface area contributed by atoms with Gasteiger partial charge in [-0.05, 0) is 63.7 Å². The zero-order valence-electron chi connectivity index (χ0n) is 17.5. The van der Waals surface area contributed by atoms with Crippen LogP contribution in [-0.4, -0.2) is 41.0 Å². The van der Waals surface area contributed by atoms with E-state index in [4.69, 9.17) is 4.74 Å². The second kappa shape index (κ2) is 10.1. The van der Waals surface area contributed by atoms with Crippen molar-refractivity contribution in [3.63, 3.8) is 0 Å². The Balaban J connectivity index is 2.20. The minimum atomic E-state index is -0.318. The van der Waals surface area contributed by atoms with E-state index in [0.29, 0.717) is 19.1 Å². The first-order chi connectivity index (χ1) is 13.4. The van der Waals surface area contributed by atoms with Crippen molar-refractivity contribution < 1.29 is 14.3 Å². The molecule has 0 N–H and O–H groups in total. The fourth-order valence-electron chi connectivity index (χ4n) is 3.36. The van der Waals surface area contributed by atoms with Crippen LogP contribution in [0.25, 0.3) is 6.08 Å². The Bertz CT molecular complexity index is 782. The molecule has 2 rings (SSSR count). The summed E-state index contributed by atoms with van der Waals surface area (Å²) >= 11 is 0. The van der Waals surface area contributed by atoms with E-state index in [2.05, 4.69) is 17.6 Å². The van der Waals surface area contributed by atoms with Gasteiger partial charge in [-0.25, -0.2) is 0 Å². The molecule has 152 valence electrons. The molecule has 0 saturated heterocycles. The molecule has 0 atom stereocenters. The van der Waals surface area contributed by atoms with Gasteiger partial charge in [0.05, 0.1) is 13.0 Å². The van der Waals surface area contributed by atoms with E-state index in [1.807, 2.05) is 19.9 Å². The van der Waals surface area contributed by atoms with Gasteiger partial charge in [-0.1, -0.05) is 6.92 Å². The van der Waals surface area contributed by atoms with E-state index in [1.165, 1.54) is 0 Å². The van der Waals surface area contributed by atoms with Gasteiger partial charge in [-0.2, -0.15) is 5.26 Å². The van der Waals surface area contributed by atoms with Gasteiger partial charge < -0.3 is 14.2 Å². The lowest BCUT2D eigenvalue weighted by Crippen LogP contribution is -2.35. The lowest BCUT2D eigenvalue weighted by atomic mass is 10.1. The van der Waals surface area contributed by atoms with Crippen molar-refractivity contribution in [2.45, 2.75) is 59.9 Å². The molecular formula is C22H31N3O3. The van der Waals surface area contributed by atoms with Crippen LogP contribution in [0.3, 0.4) is 0 Å². The first-order valence-corrected chi connectivity index (χ1v) is 10.1. The average molecular weight is 386 g/mol. The number of nitrogens with zero attached hydrogens (tertiary/aromatic N) is 3. The Morgan fingerprint density at radius 3 is 2.64 bits per heavy atom. The quantitative estimate of drug-likeness (QED) is 0.350. The molecule has 1 saturated carbocycles. The van der Waals surface area contributed by atoms with E-state index in [0.717, 1.165) is 42.8 Å². The number of hydrogen-bond acceptors (Lipinski definition) is 4. The van der Waals surface area contributed by atoms with E-state index in [1.54, 1.807) is 17.9 Å². The largest absolute Gasteiger partial charge is 0.466 e. The second-order valence-corrected chi connectivity index (χ2v) is 7.40. The molecule has 0 aliphatic heterocycles. The van der Waals surface area contributed by atoms with Crippen LogP contribution >= 0.6 is 0 Å². The normalized spacial score (nSPS) is 13.9. The van der Waals surface area contributed by atoms with Crippen LogP contribution in [0.4, 0.5) is 0 Å². The number of hydrogen-bond donors (Lipinski definition) is 0. The van der Waals surface area contributed by atoms with Crippen LogP contribution in [0.5, 0.6) is 0 Å². The predicted octanol–water partition coefficient (Wildman–Crippen LogP) is 3.61. The number of rotatable bonds is 10. The van der Waals surface area contributed by atoms with Crippen LogP contribution in [-0.2, 0) is 20.9 Å². The van der Waals surface area contributed by atoms with E-state index < -0.39 is 0 Å². The number of ether oxygens (including phenoxy) is 1. The number of amides is 1. The molecule has 1 heterocycles. The maximum absolute atomic E-state index is 13.0. The number of aryl methyl sites for hydroxylation is 1. The molecule has 1 fully saturated rings. The van der Waals surface area contributed by atoms with Crippen LogP contribution in [0.1, 0.15) is 56.5 Å². The molecule has 1 aromatic rings. The summed E-state index contributed by atoms with van der Waals surface area (Å²) in [6.45, 7) is 10.0. The lowest BCUT2D eigenvalue weighted by Gasteiger charge is -2.22. The Labute approximate surface area is 167 Å². The number of carbonyl (C=O) groups excluding carboxylic acids is 2. The second-order valence-electron chi connectivity index (χ2n) is 7.40. The molecule has 0 unspecified atom stereocenters. The van der Waals surface area contributed by atoms with Crippen molar-refractivity contribution >= 4 is 18.0 Å². The van der Waals surface area contributed by atoms with Crippen LogP contribution in [0, 0.1) is 31.1 Å². The Hall–Kier alpha value is -2.55. The monoisotopic (exact) mass is 385 g/mol. The minimum Gasteiger partial charge on any atom is -0.466 e. The summed E-state index contributed by atoms with van der Waals surface area (Å²) in [4.78, 5) is 26.4. The van der Waals surface area contributed by atoms with Gasteiger partial charge in [-0.15, -0.1) is 0 Å². The highest BCUT2D eigenvalue weighted by atomic mass is 16.5. The van der Waals surface area contributed by atoms with Gasteiger partial charge in [0, 0.05) is 31.0 Å². The fraction of sp³-hybridized carbons (Fsp3) is 0.591.